The molecule has 0 aromatic heterocycles. The van der Waals surface area contributed by atoms with Gasteiger partial charge in [0.15, 0.2) is 0 Å². The summed E-state index contributed by atoms with van der Waals surface area (Å²) in [6.45, 7) is 5.04. The first-order valence-electron chi connectivity index (χ1n) is 6.73. The van der Waals surface area contributed by atoms with Crippen LogP contribution in [0.15, 0.2) is 29.2 Å². The molecule has 1 saturated heterocycles. The number of aryl methyl sites for hydroxylation is 1. The van der Waals surface area contributed by atoms with Gasteiger partial charge in [-0.05, 0) is 50.3 Å². The van der Waals surface area contributed by atoms with E-state index in [-0.39, 0.29) is 18.4 Å². The Kier molecular flexibility index (Phi) is 6.01. The van der Waals surface area contributed by atoms with E-state index in [2.05, 4.69) is 0 Å². The molecule has 1 aromatic carbocycles. The van der Waals surface area contributed by atoms with E-state index in [9.17, 15) is 8.42 Å². The van der Waals surface area contributed by atoms with Crippen LogP contribution in [0.1, 0.15) is 25.3 Å². The van der Waals surface area contributed by atoms with Crippen LogP contribution >= 0.6 is 12.4 Å². The van der Waals surface area contributed by atoms with E-state index in [4.69, 9.17) is 5.73 Å². The zero-order chi connectivity index (χ0) is 14.0. The molecule has 0 bridgehead atoms. The van der Waals surface area contributed by atoms with Crippen molar-refractivity contribution in [1.82, 2.24) is 4.31 Å². The average Bonchev–Trinajstić information content (AvgIpc) is 2.39. The summed E-state index contributed by atoms with van der Waals surface area (Å²) in [6.07, 6.45) is 1.70. The van der Waals surface area contributed by atoms with Gasteiger partial charge < -0.3 is 5.73 Å². The number of hydrogen-bond donors (Lipinski definition) is 1. The zero-order valence-corrected chi connectivity index (χ0v) is 13.6. The number of halogens is 1. The standard InChI is InChI=1S/C14H22N2O2S.ClH/c1-11-4-3-5-14(10-11)19(17,18)16-8-6-13(7-9-16)12(2)15;/h3-5,10,12-13H,6-9,15H2,1-2H3;1H. The second-order valence-electron chi connectivity index (χ2n) is 5.42. The molecule has 2 N–H and O–H groups in total. The monoisotopic (exact) mass is 318 g/mol. The lowest BCUT2D eigenvalue weighted by Gasteiger charge is -2.32. The third-order valence-electron chi connectivity index (χ3n) is 3.87. The van der Waals surface area contributed by atoms with E-state index < -0.39 is 10.0 Å². The van der Waals surface area contributed by atoms with Crippen molar-refractivity contribution in [2.45, 2.75) is 37.6 Å². The fourth-order valence-corrected chi connectivity index (χ4v) is 4.14. The van der Waals surface area contributed by atoms with E-state index in [1.54, 1.807) is 22.5 Å². The van der Waals surface area contributed by atoms with Gasteiger partial charge in [0.05, 0.1) is 4.90 Å². The topological polar surface area (TPSA) is 63.4 Å². The second-order valence-corrected chi connectivity index (χ2v) is 7.36. The van der Waals surface area contributed by atoms with Crippen LogP contribution < -0.4 is 5.73 Å². The molecule has 1 aliphatic heterocycles. The Bertz CT molecular complexity index is 538. The minimum atomic E-state index is -3.34. The van der Waals surface area contributed by atoms with E-state index in [0.29, 0.717) is 23.9 Å². The molecule has 0 spiro atoms. The van der Waals surface area contributed by atoms with Crippen LogP contribution in [0.4, 0.5) is 0 Å². The largest absolute Gasteiger partial charge is 0.328 e. The molecule has 0 radical (unpaired) electrons. The van der Waals surface area contributed by atoms with Gasteiger partial charge in [-0.3, -0.25) is 0 Å². The maximum atomic E-state index is 12.5. The van der Waals surface area contributed by atoms with Gasteiger partial charge >= 0.3 is 0 Å². The van der Waals surface area contributed by atoms with E-state index in [1.807, 2.05) is 19.9 Å². The van der Waals surface area contributed by atoms with Crippen LogP contribution in [0.25, 0.3) is 0 Å². The highest BCUT2D eigenvalue weighted by Crippen LogP contribution is 2.25. The van der Waals surface area contributed by atoms with Crippen LogP contribution in [0, 0.1) is 12.8 Å². The van der Waals surface area contributed by atoms with Crippen LogP contribution in [-0.2, 0) is 10.0 Å². The highest BCUT2D eigenvalue weighted by Gasteiger charge is 2.30. The van der Waals surface area contributed by atoms with Gasteiger partial charge in [-0.2, -0.15) is 4.31 Å². The van der Waals surface area contributed by atoms with Crippen molar-refractivity contribution in [2.75, 3.05) is 13.1 Å². The number of hydrogen-bond acceptors (Lipinski definition) is 3. The minimum absolute atomic E-state index is 0. The summed E-state index contributed by atoms with van der Waals surface area (Å²) in [5.41, 5.74) is 6.85. The molecule has 1 unspecified atom stereocenters. The third kappa shape index (κ3) is 3.73. The molecule has 0 aliphatic carbocycles. The van der Waals surface area contributed by atoms with Crippen molar-refractivity contribution in [1.29, 1.82) is 0 Å². The van der Waals surface area contributed by atoms with Gasteiger partial charge in [0.2, 0.25) is 10.0 Å². The first-order chi connectivity index (χ1) is 8.91. The van der Waals surface area contributed by atoms with Crippen molar-refractivity contribution in [2.24, 2.45) is 11.7 Å². The molecule has 1 fully saturated rings. The normalized spacial score (nSPS) is 19.4. The van der Waals surface area contributed by atoms with Gasteiger partial charge in [-0.1, -0.05) is 12.1 Å². The van der Waals surface area contributed by atoms with E-state index in [1.165, 1.54) is 0 Å². The molecule has 1 heterocycles. The highest BCUT2D eigenvalue weighted by atomic mass is 35.5. The smallest absolute Gasteiger partial charge is 0.243 e. The average molecular weight is 319 g/mol. The van der Waals surface area contributed by atoms with Crippen molar-refractivity contribution in [3.63, 3.8) is 0 Å². The van der Waals surface area contributed by atoms with Crippen molar-refractivity contribution in [3.8, 4) is 0 Å². The lowest BCUT2D eigenvalue weighted by molar-refractivity contribution is 0.250. The summed E-state index contributed by atoms with van der Waals surface area (Å²) in [4.78, 5) is 0.395. The number of benzene rings is 1. The summed E-state index contributed by atoms with van der Waals surface area (Å²) in [7, 11) is -3.34. The maximum Gasteiger partial charge on any atom is 0.243 e. The lowest BCUT2D eigenvalue weighted by atomic mass is 9.92. The Labute approximate surface area is 127 Å². The van der Waals surface area contributed by atoms with Crippen LogP contribution in [-0.4, -0.2) is 31.9 Å². The number of sulfonamides is 1. The van der Waals surface area contributed by atoms with Gasteiger partial charge in [-0.25, -0.2) is 8.42 Å². The summed E-state index contributed by atoms with van der Waals surface area (Å²) < 4.78 is 26.6. The Hall–Kier alpha value is -0.620. The Morgan fingerprint density at radius 1 is 1.30 bits per heavy atom. The summed E-state index contributed by atoms with van der Waals surface area (Å²) in [5, 5.41) is 0. The minimum Gasteiger partial charge on any atom is -0.328 e. The molecule has 0 amide bonds. The number of nitrogens with two attached hydrogens (primary N) is 1. The van der Waals surface area contributed by atoms with E-state index >= 15 is 0 Å². The SMILES string of the molecule is Cc1cccc(S(=O)(=O)N2CCC(C(C)N)CC2)c1.Cl. The van der Waals surface area contributed by atoms with Crippen molar-refractivity contribution in [3.05, 3.63) is 29.8 Å². The second kappa shape index (κ2) is 6.89. The van der Waals surface area contributed by atoms with Gasteiger partial charge in [0.25, 0.3) is 0 Å². The molecular weight excluding hydrogens is 296 g/mol. The first-order valence-corrected chi connectivity index (χ1v) is 8.17. The third-order valence-corrected chi connectivity index (χ3v) is 5.76. The molecule has 4 nitrogen and oxygen atoms in total. The molecule has 2 rings (SSSR count). The van der Waals surface area contributed by atoms with Crippen LogP contribution in [0.5, 0.6) is 0 Å². The molecule has 1 atom stereocenters. The fourth-order valence-electron chi connectivity index (χ4n) is 2.57. The summed E-state index contributed by atoms with van der Waals surface area (Å²) in [5.74, 6) is 0.434. The fraction of sp³-hybridized carbons (Fsp3) is 0.571. The van der Waals surface area contributed by atoms with Crippen molar-refractivity contribution >= 4 is 22.4 Å². The highest BCUT2D eigenvalue weighted by molar-refractivity contribution is 7.89. The van der Waals surface area contributed by atoms with Gasteiger partial charge in [0.1, 0.15) is 0 Å². The molecule has 6 heteroatoms. The number of rotatable bonds is 3. The predicted molar refractivity (Wildman–Crippen MR) is 83.6 cm³/mol. The molecule has 1 aliphatic rings. The van der Waals surface area contributed by atoms with Gasteiger partial charge in [0, 0.05) is 19.1 Å². The number of nitrogens with zero attached hydrogens (tertiary/aromatic N) is 1. The van der Waals surface area contributed by atoms with Crippen LogP contribution in [0.3, 0.4) is 0 Å². The number of piperidine rings is 1. The first kappa shape index (κ1) is 17.4. The summed E-state index contributed by atoms with van der Waals surface area (Å²) >= 11 is 0. The molecule has 114 valence electrons. The van der Waals surface area contributed by atoms with E-state index in [0.717, 1.165) is 18.4 Å². The zero-order valence-electron chi connectivity index (χ0n) is 12.0. The quantitative estimate of drug-likeness (QED) is 0.929. The van der Waals surface area contributed by atoms with Gasteiger partial charge in [-0.15, -0.1) is 12.4 Å². The lowest BCUT2D eigenvalue weighted by Crippen LogP contribution is -2.42. The van der Waals surface area contributed by atoms with Crippen molar-refractivity contribution < 1.29 is 8.42 Å². The maximum absolute atomic E-state index is 12.5. The molecular formula is C14H23ClN2O2S. The Morgan fingerprint density at radius 3 is 2.40 bits per heavy atom. The Morgan fingerprint density at radius 2 is 1.90 bits per heavy atom. The molecule has 0 saturated carbocycles. The predicted octanol–water partition coefficient (Wildman–Crippen LogP) is 2.16. The van der Waals surface area contributed by atoms with Crippen LogP contribution in [0.2, 0.25) is 0 Å². The summed E-state index contributed by atoms with van der Waals surface area (Å²) in [6, 6.07) is 7.23. The molecule has 1 aromatic rings. The Balaban J connectivity index is 0.00000200. The molecule has 20 heavy (non-hydrogen) atoms.